The van der Waals surface area contributed by atoms with E-state index in [1.807, 2.05) is 48.5 Å². The van der Waals surface area contributed by atoms with Gasteiger partial charge in [0.05, 0.1) is 35.1 Å². The van der Waals surface area contributed by atoms with Crippen molar-refractivity contribution >= 4 is 52.6 Å². The molecule has 4 aliphatic rings. The fourth-order valence-corrected chi connectivity index (χ4v) is 11.8. The largest absolute Gasteiger partial charge is 0.465 e. The average molecular weight is 1060 g/mol. The van der Waals surface area contributed by atoms with E-state index in [2.05, 4.69) is 21.3 Å². The Morgan fingerprint density at radius 2 is 1.65 bits per heavy atom. The van der Waals surface area contributed by atoms with E-state index in [0.29, 0.717) is 63.1 Å². The molecule has 2 aliphatic heterocycles. The molecule has 6 amide bonds. The van der Waals surface area contributed by atoms with Crippen LogP contribution in [0, 0.1) is 18.7 Å². The van der Waals surface area contributed by atoms with Crippen LogP contribution in [0.25, 0.3) is 33.4 Å². The Morgan fingerprint density at radius 1 is 0.962 bits per heavy atom. The highest BCUT2D eigenvalue weighted by molar-refractivity contribution is 5.98. The molecule has 0 radical (unpaired) electrons. The van der Waals surface area contributed by atoms with Crippen LogP contribution >= 0.6 is 0 Å². The van der Waals surface area contributed by atoms with Gasteiger partial charge in [0.25, 0.3) is 5.56 Å². The first kappa shape index (κ1) is 52.8. The van der Waals surface area contributed by atoms with Gasteiger partial charge in [-0.2, -0.15) is 0 Å². The lowest BCUT2D eigenvalue weighted by Gasteiger charge is -2.34. The summed E-state index contributed by atoms with van der Waals surface area (Å²) in [6.45, 7) is 6.46. The van der Waals surface area contributed by atoms with Crippen molar-refractivity contribution < 1.29 is 52.8 Å². The molecule has 8 N–H and O–H groups in total. The van der Waals surface area contributed by atoms with Gasteiger partial charge in [-0.05, 0) is 108 Å². The number of nitrogens with zero attached hydrogens (tertiary/aromatic N) is 3. The lowest BCUT2D eigenvalue weighted by Crippen LogP contribution is -2.56. The van der Waals surface area contributed by atoms with Gasteiger partial charge in [-0.15, -0.1) is 0 Å². The number of pyridine rings is 2. The maximum absolute atomic E-state index is 15.5. The summed E-state index contributed by atoms with van der Waals surface area (Å²) in [6.07, 6.45) is -1.01. The number of carbonyl (C=O) groups is 6. The predicted molar refractivity (Wildman–Crippen MR) is 285 cm³/mol. The van der Waals surface area contributed by atoms with Gasteiger partial charge in [0.15, 0.2) is 5.60 Å². The number of hydrogen-bond donors (Lipinski definition) is 7. The zero-order valence-electron chi connectivity index (χ0n) is 43.4. The Balaban J connectivity index is 0.828. The van der Waals surface area contributed by atoms with Crippen molar-refractivity contribution in [1.82, 2.24) is 30.4 Å². The van der Waals surface area contributed by atoms with E-state index in [0.717, 1.165) is 32.7 Å². The second-order valence-corrected chi connectivity index (χ2v) is 20.7. The zero-order valence-corrected chi connectivity index (χ0v) is 43.4. The molecule has 0 saturated carbocycles. The maximum Gasteiger partial charge on any atom is 0.408 e. The first-order valence-electron chi connectivity index (χ1n) is 26.0. The number of anilines is 1. The van der Waals surface area contributed by atoms with Gasteiger partial charge >= 0.3 is 24.2 Å². The summed E-state index contributed by atoms with van der Waals surface area (Å²) in [4.78, 5) is 99.5. The summed E-state index contributed by atoms with van der Waals surface area (Å²) < 4.78 is 27.9. The number of esters is 1. The molecular formula is C58H59FN8O11. The summed E-state index contributed by atoms with van der Waals surface area (Å²) in [5.74, 6) is -3.42. The van der Waals surface area contributed by atoms with Crippen LogP contribution in [0.3, 0.4) is 0 Å². The van der Waals surface area contributed by atoms with Gasteiger partial charge in [-0.25, -0.2) is 28.6 Å². The monoisotopic (exact) mass is 1060 g/mol. The Hall–Kier alpha value is -8.65. The van der Waals surface area contributed by atoms with E-state index in [1.54, 1.807) is 58.0 Å². The van der Waals surface area contributed by atoms with Crippen molar-refractivity contribution in [3.8, 4) is 22.5 Å². The van der Waals surface area contributed by atoms with Crippen LogP contribution in [0.4, 0.5) is 24.5 Å². The molecule has 6 aromatic rings. The van der Waals surface area contributed by atoms with E-state index in [4.69, 9.17) is 20.2 Å². The van der Waals surface area contributed by atoms with Crippen molar-refractivity contribution in [2.75, 3.05) is 18.4 Å². The highest BCUT2D eigenvalue weighted by Gasteiger charge is 2.46. The Kier molecular flexibility index (Phi) is 14.2. The summed E-state index contributed by atoms with van der Waals surface area (Å²) >= 11 is 0. The average Bonchev–Trinajstić information content (AvgIpc) is 3.81. The molecule has 0 saturated heterocycles. The summed E-state index contributed by atoms with van der Waals surface area (Å²) in [7, 11) is 0. The number of halogens is 1. The molecule has 0 fully saturated rings. The van der Waals surface area contributed by atoms with Crippen LogP contribution in [-0.2, 0) is 55.6 Å². The standard InChI is InChI=1S/C58H59FN8O11/c1-5-58(76)41-23-46-49-39(26-66(46)53(70)40(41)28-77-54(58)71)48-43(21-20-33-30(4)42(59)24-45(63-49)47(33)48)65-56(73)78-27-31-16-18-32(19-17-31)62-51(68)44(15-10-22-61-55(60)72)64-52(69)50(29(2)3)67(57(74)75)25-38-36-13-8-6-11-34(36)35-12-7-9-14-37(35)38/h6-9,11-14,16-19,23-24,29,38,43-44,50,76H,5,10,15,20-22,25-28H2,1-4H3,(H,62,68)(H,64,69)(H,65,73)(H,74,75)(H3,60,61,72)/t43-,44?,50?,58-/m0/s1. The number of carboxylic acid groups (broad SMARTS) is 1. The summed E-state index contributed by atoms with van der Waals surface area (Å²) in [5.41, 5.74) is 11.4. The second-order valence-electron chi connectivity index (χ2n) is 20.7. The molecule has 10 rings (SSSR count). The molecule has 0 spiro atoms. The van der Waals surface area contributed by atoms with E-state index < -0.39 is 77.0 Å². The smallest absolute Gasteiger partial charge is 0.408 e. The molecule has 4 atom stereocenters. The quantitative estimate of drug-likeness (QED) is 0.0376. The third-order valence-electron chi connectivity index (χ3n) is 15.7. The number of nitrogens with one attached hydrogen (secondary N) is 4. The van der Waals surface area contributed by atoms with Gasteiger partial charge in [-0.1, -0.05) is 81.4 Å². The van der Waals surface area contributed by atoms with Crippen molar-refractivity contribution in [3.05, 3.63) is 151 Å². The molecular weight excluding hydrogens is 1000 g/mol. The normalized spacial score (nSPS) is 17.4. The topological polar surface area (TPSA) is 274 Å². The van der Waals surface area contributed by atoms with Crippen LogP contribution in [0.1, 0.15) is 108 Å². The Morgan fingerprint density at radius 3 is 2.31 bits per heavy atom. The van der Waals surface area contributed by atoms with Gasteiger partial charge in [0.1, 0.15) is 31.1 Å². The van der Waals surface area contributed by atoms with Gasteiger partial charge in [0, 0.05) is 47.3 Å². The summed E-state index contributed by atoms with van der Waals surface area (Å²) in [5, 5.41) is 33.9. The SMILES string of the molecule is CC[C@@]1(O)C(=O)OCc2c1cc1n(c2=O)Cc2c-1nc1cc(F)c(C)c3c1c2[C@@H](NC(=O)OCc1ccc(NC(=O)C(CCCNC(N)=O)NC(=O)C(C(C)C)N(CC2c4ccccc4-c4ccccc42)C(=O)O)cc1)CC3. The molecule has 2 aromatic heterocycles. The number of aromatic nitrogens is 2. The number of primary amides is 1. The van der Waals surface area contributed by atoms with Crippen molar-refractivity contribution in [3.63, 3.8) is 0 Å². The summed E-state index contributed by atoms with van der Waals surface area (Å²) in [6, 6.07) is 21.2. The number of urea groups is 1. The fraction of sp³-hybridized carbons (Fsp3) is 0.345. The number of nitrogens with two attached hydrogens (primary N) is 1. The lowest BCUT2D eigenvalue weighted by molar-refractivity contribution is -0.172. The number of hydrogen-bond acceptors (Lipinski definition) is 11. The molecule has 20 heteroatoms. The number of fused-ring (bicyclic) bond motifs is 8. The number of benzene rings is 4. The van der Waals surface area contributed by atoms with Crippen molar-refractivity contribution in [2.45, 2.75) is 109 Å². The van der Waals surface area contributed by atoms with Crippen molar-refractivity contribution in [1.29, 1.82) is 0 Å². The molecule has 4 aromatic carbocycles. The first-order valence-corrected chi connectivity index (χ1v) is 26.0. The fourth-order valence-electron chi connectivity index (χ4n) is 11.8. The first-order chi connectivity index (χ1) is 37.4. The van der Waals surface area contributed by atoms with Gasteiger partial charge in [-0.3, -0.25) is 19.3 Å². The predicted octanol–water partition coefficient (Wildman–Crippen LogP) is 7.13. The van der Waals surface area contributed by atoms with Crippen LogP contribution < -0.4 is 32.6 Å². The van der Waals surface area contributed by atoms with Crippen LogP contribution in [-0.4, -0.2) is 85.8 Å². The number of carbonyl (C=O) groups excluding carboxylic acids is 5. The Labute approximate surface area is 447 Å². The van der Waals surface area contributed by atoms with E-state index >= 15 is 4.39 Å². The number of amides is 6. The highest BCUT2D eigenvalue weighted by atomic mass is 19.1. The molecule has 19 nitrogen and oxygen atoms in total. The number of aryl methyl sites for hydroxylation is 1. The van der Waals surface area contributed by atoms with Crippen molar-refractivity contribution in [2.24, 2.45) is 11.7 Å². The maximum atomic E-state index is 15.5. The number of cyclic esters (lactones) is 1. The van der Waals surface area contributed by atoms with Gasteiger partial charge < -0.3 is 51.3 Å². The van der Waals surface area contributed by atoms with Gasteiger partial charge in [0.2, 0.25) is 11.8 Å². The number of alkyl carbamates (subject to hydrolysis) is 1. The molecule has 78 heavy (non-hydrogen) atoms. The molecule has 2 unspecified atom stereocenters. The minimum Gasteiger partial charge on any atom is -0.465 e. The minimum atomic E-state index is -2.05. The van der Waals surface area contributed by atoms with Crippen LogP contribution in [0.15, 0.2) is 89.7 Å². The third-order valence-corrected chi connectivity index (χ3v) is 15.7. The molecule has 2 aliphatic carbocycles. The number of aliphatic hydroxyl groups is 1. The Bertz CT molecular complexity index is 3480. The molecule has 404 valence electrons. The van der Waals surface area contributed by atoms with E-state index in [-0.39, 0.29) is 69.2 Å². The number of rotatable bonds is 16. The van der Waals surface area contributed by atoms with E-state index in [9.17, 15) is 43.8 Å². The molecule has 0 bridgehead atoms. The second kappa shape index (κ2) is 21.1. The third kappa shape index (κ3) is 9.53. The zero-order chi connectivity index (χ0) is 55.3. The number of ether oxygens (including phenoxy) is 2. The minimum absolute atomic E-state index is 0.0153. The van der Waals surface area contributed by atoms with Crippen LogP contribution in [0.2, 0.25) is 0 Å². The molecule has 4 heterocycles. The van der Waals surface area contributed by atoms with E-state index in [1.165, 1.54) is 10.6 Å². The highest BCUT2D eigenvalue weighted by Crippen LogP contribution is 2.47. The lowest BCUT2D eigenvalue weighted by atomic mass is 9.81. The van der Waals surface area contributed by atoms with Crippen LogP contribution in [0.5, 0.6) is 0 Å².